The molecule has 1 aromatic rings. The standard InChI is InChI=1S/C14H19BrN4O/c1-9(20)16-11-4-6-19(7-5-11)13-8-12(15)17-14(18-13)10-2-3-10/h8,10-11H,2-7H2,1H3,(H,16,20). The van der Waals surface area contributed by atoms with Gasteiger partial charge in [0, 0.05) is 38.0 Å². The Bertz CT molecular complexity index is 510. The average Bonchev–Trinajstić information content (AvgIpc) is 3.22. The van der Waals surface area contributed by atoms with Gasteiger partial charge < -0.3 is 10.2 Å². The zero-order valence-corrected chi connectivity index (χ0v) is 13.2. The molecule has 1 N–H and O–H groups in total. The monoisotopic (exact) mass is 338 g/mol. The molecule has 1 saturated carbocycles. The van der Waals surface area contributed by atoms with Gasteiger partial charge in [0.15, 0.2) is 0 Å². The number of carbonyl (C=O) groups excluding carboxylic acids is 1. The van der Waals surface area contributed by atoms with E-state index in [0.29, 0.717) is 12.0 Å². The Morgan fingerprint density at radius 1 is 1.30 bits per heavy atom. The molecule has 6 heteroatoms. The number of hydrogen-bond acceptors (Lipinski definition) is 4. The summed E-state index contributed by atoms with van der Waals surface area (Å²) in [4.78, 5) is 22.5. The van der Waals surface area contributed by atoms with E-state index in [2.05, 4.69) is 31.1 Å². The predicted molar refractivity (Wildman–Crippen MR) is 80.8 cm³/mol. The summed E-state index contributed by atoms with van der Waals surface area (Å²) in [6.45, 7) is 3.44. The van der Waals surface area contributed by atoms with Gasteiger partial charge in [-0.25, -0.2) is 9.97 Å². The van der Waals surface area contributed by atoms with Crippen molar-refractivity contribution in [3.8, 4) is 0 Å². The normalized spacial score (nSPS) is 20.0. The highest BCUT2D eigenvalue weighted by Crippen LogP contribution is 2.39. The summed E-state index contributed by atoms with van der Waals surface area (Å²) in [6.07, 6.45) is 4.36. The summed E-state index contributed by atoms with van der Waals surface area (Å²) in [5.41, 5.74) is 0. The first-order valence-electron chi connectivity index (χ1n) is 7.18. The molecule has 0 unspecified atom stereocenters. The summed E-state index contributed by atoms with van der Waals surface area (Å²) >= 11 is 3.49. The first kappa shape index (κ1) is 13.8. The lowest BCUT2D eigenvalue weighted by Crippen LogP contribution is -2.44. The van der Waals surface area contributed by atoms with Gasteiger partial charge >= 0.3 is 0 Å². The molecule has 1 amide bonds. The van der Waals surface area contributed by atoms with Gasteiger partial charge in [-0.05, 0) is 41.6 Å². The number of nitrogens with one attached hydrogen (secondary N) is 1. The molecule has 1 saturated heterocycles. The van der Waals surface area contributed by atoms with Crippen molar-refractivity contribution in [1.82, 2.24) is 15.3 Å². The fraction of sp³-hybridized carbons (Fsp3) is 0.643. The van der Waals surface area contributed by atoms with Crippen molar-refractivity contribution in [2.75, 3.05) is 18.0 Å². The van der Waals surface area contributed by atoms with Gasteiger partial charge in [0.1, 0.15) is 16.2 Å². The minimum atomic E-state index is 0.0595. The SMILES string of the molecule is CC(=O)NC1CCN(c2cc(Br)nc(C3CC3)n2)CC1. The number of halogens is 1. The molecule has 0 atom stereocenters. The van der Waals surface area contributed by atoms with Crippen LogP contribution >= 0.6 is 15.9 Å². The molecular formula is C14H19BrN4O. The van der Waals surface area contributed by atoms with E-state index < -0.39 is 0 Å². The van der Waals surface area contributed by atoms with Crippen LogP contribution in [0.15, 0.2) is 10.7 Å². The van der Waals surface area contributed by atoms with E-state index in [1.165, 1.54) is 12.8 Å². The molecule has 0 spiro atoms. The van der Waals surface area contributed by atoms with E-state index in [4.69, 9.17) is 4.98 Å². The number of nitrogens with zero attached hydrogens (tertiary/aromatic N) is 3. The van der Waals surface area contributed by atoms with Gasteiger partial charge in [0.05, 0.1) is 0 Å². The first-order chi connectivity index (χ1) is 9.61. The maximum atomic E-state index is 11.1. The molecule has 2 aliphatic rings. The summed E-state index contributed by atoms with van der Waals surface area (Å²) in [7, 11) is 0. The Hall–Kier alpha value is -1.17. The van der Waals surface area contributed by atoms with Crippen LogP contribution in [0.25, 0.3) is 0 Å². The van der Waals surface area contributed by atoms with Gasteiger partial charge in [-0.15, -0.1) is 0 Å². The summed E-state index contributed by atoms with van der Waals surface area (Å²) in [6, 6.07) is 2.29. The van der Waals surface area contributed by atoms with Crippen molar-refractivity contribution in [3.05, 3.63) is 16.5 Å². The zero-order chi connectivity index (χ0) is 14.1. The molecule has 1 aromatic heterocycles. The third kappa shape index (κ3) is 3.29. The topological polar surface area (TPSA) is 58.1 Å². The average molecular weight is 339 g/mol. The number of amides is 1. The molecule has 0 bridgehead atoms. The fourth-order valence-electron chi connectivity index (χ4n) is 2.65. The number of carbonyl (C=O) groups is 1. The molecule has 5 nitrogen and oxygen atoms in total. The van der Waals surface area contributed by atoms with Crippen LogP contribution in [0.5, 0.6) is 0 Å². The molecule has 3 rings (SSSR count). The van der Waals surface area contributed by atoms with Gasteiger partial charge in [-0.3, -0.25) is 4.79 Å². The Morgan fingerprint density at radius 2 is 2.00 bits per heavy atom. The van der Waals surface area contributed by atoms with E-state index in [1.54, 1.807) is 6.92 Å². The van der Waals surface area contributed by atoms with Crippen molar-refractivity contribution < 1.29 is 4.79 Å². The third-order valence-corrected chi connectivity index (χ3v) is 4.27. The summed E-state index contributed by atoms with van der Waals surface area (Å²) < 4.78 is 0.869. The van der Waals surface area contributed by atoms with E-state index in [9.17, 15) is 4.79 Å². The third-order valence-electron chi connectivity index (χ3n) is 3.87. The highest BCUT2D eigenvalue weighted by atomic mass is 79.9. The maximum Gasteiger partial charge on any atom is 0.217 e. The lowest BCUT2D eigenvalue weighted by Gasteiger charge is -2.33. The molecular weight excluding hydrogens is 320 g/mol. The number of rotatable bonds is 3. The lowest BCUT2D eigenvalue weighted by molar-refractivity contribution is -0.119. The Labute approximate surface area is 127 Å². The smallest absolute Gasteiger partial charge is 0.217 e. The number of aromatic nitrogens is 2. The Morgan fingerprint density at radius 3 is 2.60 bits per heavy atom. The molecule has 2 fully saturated rings. The Kier molecular flexibility index (Phi) is 3.92. The van der Waals surface area contributed by atoms with Crippen LogP contribution in [-0.2, 0) is 4.79 Å². The minimum absolute atomic E-state index is 0.0595. The van der Waals surface area contributed by atoms with Crippen LogP contribution in [0.3, 0.4) is 0 Å². The van der Waals surface area contributed by atoms with Crippen molar-refractivity contribution in [2.45, 2.75) is 44.6 Å². The van der Waals surface area contributed by atoms with Crippen LogP contribution < -0.4 is 10.2 Å². The van der Waals surface area contributed by atoms with E-state index in [0.717, 1.165) is 42.2 Å². The number of anilines is 1. The van der Waals surface area contributed by atoms with Crippen LogP contribution in [-0.4, -0.2) is 35.0 Å². The largest absolute Gasteiger partial charge is 0.356 e. The molecule has 108 valence electrons. The quantitative estimate of drug-likeness (QED) is 0.858. The summed E-state index contributed by atoms with van der Waals surface area (Å²) in [5.74, 6) is 2.60. The predicted octanol–water partition coefficient (Wildman–Crippen LogP) is 2.22. The molecule has 0 radical (unpaired) electrons. The highest BCUT2D eigenvalue weighted by molar-refractivity contribution is 9.10. The van der Waals surface area contributed by atoms with Crippen LogP contribution in [0.4, 0.5) is 5.82 Å². The van der Waals surface area contributed by atoms with Crippen LogP contribution in [0.2, 0.25) is 0 Å². The molecule has 0 aromatic carbocycles. The van der Waals surface area contributed by atoms with Crippen LogP contribution in [0, 0.1) is 0 Å². The number of hydrogen-bond donors (Lipinski definition) is 1. The van der Waals surface area contributed by atoms with Crippen molar-refractivity contribution in [2.24, 2.45) is 0 Å². The second-order valence-electron chi connectivity index (χ2n) is 5.64. The molecule has 1 aliphatic carbocycles. The second kappa shape index (κ2) is 5.68. The maximum absolute atomic E-state index is 11.1. The van der Waals surface area contributed by atoms with Gasteiger partial charge in [-0.2, -0.15) is 0 Å². The van der Waals surface area contributed by atoms with Crippen molar-refractivity contribution >= 4 is 27.7 Å². The Balaban J connectivity index is 1.67. The van der Waals surface area contributed by atoms with Gasteiger partial charge in [0.25, 0.3) is 0 Å². The number of piperidine rings is 1. The molecule has 20 heavy (non-hydrogen) atoms. The van der Waals surface area contributed by atoms with Gasteiger partial charge in [0.2, 0.25) is 5.91 Å². The molecule has 2 heterocycles. The van der Waals surface area contributed by atoms with E-state index in [1.807, 2.05) is 6.07 Å². The summed E-state index contributed by atoms with van der Waals surface area (Å²) in [5, 5.41) is 3.00. The van der Waals surface area contributed by atoms with Crippen molar-refractivity contribution in [3.63, 3.8) is 0 Å². The van der Waals surface area contributed by atoms with E-state index in [-0.39, 0.29) is 5.91 Å². The second-order valence-corrected chi connectivity index (χ2v) is 6.46. The fourth-order valence-corrected chi connectivity index (χ4v) is 3.04. The highest BCUT2D eigenvalue weighted by Gasteiger charge is 2.28. The lowest BCUT2D eigenvalue weighted by atomic mass is 10.1. The van der Waals surface area contributed by atoms with Crippen molar-refractivity contribution in [1.29, 1.82) is 0 Å². The van der Waals surface area contributed by atoms with Crippen LogP contribution in [0.1, 0.15) is 44.3 Å². The zero-order valence-electron chi connectivity index (χ0n) is 11.6. The molecule has 1 aliphatic heterocycles. The first-order valence-corrected chi connectivity index (χ1v) is 7.97. The minimum Gasteiger partial charge on any atom is -0.356 e. The van der Waals surface area contributed by atoms with Gasteiger partial charge in [-0.1, -0.05) is 0 Å². The van der Waals surface area contributed by atoms with E-state index >= 15 is 0 Å².